The molecule has 0 spiro atoms. The van der Waals surface area contributed by atoms with Gasteiger partial charge in [0.1, 0.15) is 0 Å². The number of nitriles is 1. The van der Waals surface area contributed by atoms with Gasteiger partial charge in [0.05, 0.1) is 17.0 Å². The maximum atomic E-state index is 10.4. The number of hydrogen-bond donors (Lipinski definition) is 0. The molecule has 276 valence electrons. The van der Waals surface area contributed by atoms with Crippen molar-refractivity contribution < 1.29 is 4.79 Å². The molecule has 0 radical (unpaired) electrons. The zero-order valence-electron chi connectivity index (χ0n) is 26.7. The van der Waals surface area contributed by atoms with Crippen molar-refractivity contribution in [2.75, 3.05) is 5.34 Å². The Kier molecular flexibility index (Phi) is 22.2. The number of carbonyl (C=O) groups excluding carboxylic acids is 1. The predicted octanol–water partition coefficient (Wildman–Crippen LogP) is 15.3. The van der Waals surface area contributed by atoms with Crippen molar-refractivity contribution in [1.82, 2.24) is 15.0 Å². The van der Waals surface area contributed by atoms with Crippen LogP contribution in [0.5, 0.6) is 0 Å². The normalized spacial score (nSPS) is 10.7. The molecule has 6 aromatic rings. The summed E-state index contributed by atoms with van der Waals surface area (Å²) in [5, 5.41) is 8.15. The van der Waals surface area contributed by atoms with Gasteiger partial charge in [-0.1, -0.05) is 133 Å². The van der Waals surface area contributed by atoms with Crippen LogP contribution in [-0.4, -0.2) is 37.2 Å². The quantitative estimate of drug-likeness (QED) is 0.0998. The fourth-order valence-corrected chi connectivity index (χ4v) is 4.56. The van der Waals surface area contributed by atoms with Gasteiger partial charge in [-0.3, -0.25) is 4.79 Å². The summed E-state index contributed by atoms with van der Waals surface area (Å²) in [5.74, 6) is 1.98. The third-order valence-electron chi connectivity index (χ3n) is 5.85. The first-order chi connectivity index (χ1) is 25.0. The van der Waals surface area contributed by atoms with Crippen LogP contribution in [0.25, 0.3) is 34.2 Å². The van der Waals surface area contributed by atoms with Crippen LogP contribution in [0.3, 0.4) is 0 Å². The fraction of sp³-hybridized carbons (Fsp3) is 0.0278. The average molecular weight is 1170 g/mol. The number of benzene rings is 5. The van der Waals surface area contributed by atoms with E-state index in [9.17, 15) is 4.79 Å². The van der Waals surface area contributed by atoms with Gasteiger partial charge in [-0.2, -0.15) is 5.26 Å². The van der Waals surface area contributed by atoms with E-state index in [1.807, 2.05) is 103 Å². The van der Waals surface area contributed by atoms with Crippen LogP contribution in [0, 0.1) is 11.3 Å². The van der Waals surface area contributed by atoms with E-state index >= 15 is 0 Å². The molecule has 0 fully saturated rings. The van der Waals surface area contributed by atoms with Crippen molar-refractivity contribution in [2.45, 2.75) is 0 Å². The molecule has 0 saturated carbocycles. The van der Waals surface area contributed by atoms with Crippen LogP contribution in [-0.2, 0) is 0 Å². The van der Waals surface area contributed by atoms with Crippen LogP contribution in [0.15, 0.2) is 147 Å². The van der Waals surface area contributed by atoms with Gasteiger partial charge in [0.2, 0.25) is 0 Å². The van der Waals surface area contributed by atoms with Gasteiger partial charge in [0.15, 0.2) is 17.5 Å². The van der Waals surface area contributed by atoms with Crippen LogP contribution < -0.4 is 0 Å². The molecule has 5 nitrogen and oxygen atoms in total. The van der Waals surface area contributed by atoms with E-state index in [0.717, 1.165) is 30.1 Å². The van der Waals surface area contributed by atoms with Gasteiger partial charge in [0, 0.05) is 35.7 Å². The van der Waals surface area contributed by atoms with Gasteiger partial charge in [-0.05, 0) is 60.1 Å². The Labute approximate surface area is 367 Å². The molecule has 0 aliphatic rings. The molecular weight excluding hydrogens is 1150 g/mol. The van der Waals surface area contributed by atoms with Gasteiger partial charge in [-0.15, -0.1) is 23.2 Å². The van der Waals surface area contributed by atoms with Crippen molar-refractivity contribution in [1.29, 1.82) is 5.26 Å². The molecule has 0 amide bonds. The van der Waals surface area contributed by atoms with E-state index in [4.69, 9.17) is 99.2 Å². The molecule has 0 aliphatic carbocycles. The Morgan fingerprint density at radius 2 is 0.830 bits per heavy atom. The van der Waals surface area contributed by atoms with Crippen molar-refractivity contribution in [2.24, 2.45) is 0 Å². The standard InChI is InChI=1S/C21H13Br2N3.C7H4BrN.C7H5ClO.CH2Cl2.5ClH.Sb/c22-17-10-6-15(7-11-17)20-24-19(14-4-2-1-3-5-14)25-21(26-20)16-8-12-18(23)13-9-16;8-7-3-1-6(5-9)2-4-7;8-7(9)6-4-2-1-3-5-6;2-1-3;;;;;;/h1-13H;1-4H;1-5H;1H2;5*1H;/q;;;;;;;;;+5/p-5. The number of rotatable bonds is 4. The molecule has 0 saturated heterocycles. The first-order valence-electron chi connectivity index (χ1n) is 14.4. The maximum absolute atomic E-state index is 10.4. The zero-order valence-corrected chi connectivity index (χ0v) is 40.1. The minimum atomic E-state index is -4.33. The second-order valence-electron chi connectivity index (χ2n) is 9.68. The number of aromatic nitrogens is 3. The van der Waals surface area contributed by atoms with E-state index in [1.54, 1.807) is 36.4 Å². The summed E-state index contributed by atoms with van der Waals surface area (Å²) >= 11 is 20.6. The second kappa shape index (κ2) is 24.5. The molecule has 0 unspecified atom stereocenters. The summed E-state index contributed by atoms with van der Waals surface area (Å²) in [5.41, 5.74) is 4.10. The topological polar surface area (TPSA) is 79.5 Å². The van der Waals surface area contributed by atoms with Crippen molar-refractivity contribution in [3.05, 3.63) is 158 Å². The van der Waals surface area contributed by atoms with E-state index in [0.29, 0.717) is 28.6 Å². The van der Waals surface area contributed by atoms with E-state index in [2.05, 4.69) is 47.8 Å². The summed E-state index contributed by atoms with van der Waals surface area (Å²) in [7, 11) is 25.2. The molecule has 1 heterocycles. The molecule has 0 aliphatic heterocycles. The molecule has 53 heavy (non-hydrogen) atoms. The van der Waals surface area contributed by atoms with Gasteiger partial charge in [-0.25, -0.2) is 15.0 Å². The summed E-state index contributed by atoms with van der Waals surface area (Å²) in [4.78, 5) is 24.5. The van der Waals surface area contributed by atoms with Crippen LogP contribution in [0.2, 0.25) is 0 Å². The van der Waals surface area contributed by atoms with E-state index in [-0.39, 0.29) is 5.34 Å². The molecule has 5 aromatic carbocycles. The molecular formula is C36H24Br3Cl8N4OSb. The van der Waals surface area contributed by atoms with Crippen LogP contribution in [0.4, 0.5) is 0 Å². The first kappa shape index (κ1) is 48.0. The zero-order chi connectivity index (χ0) is 39.5. The Hall–Kier alpha value is -1.15. The van der Waals surface area contributed by atoms with Crippen molar-refractivity contribution in [3.8, 4) is 40.2 Å². The van der Waals surface area contributed by atoms with Gasteiger partial charge < -0.3 is 0 Å². The van der Waals surface area contributed by atoms with E-state index in [1.165, 1.54) is 0 Å². The van der Waals surface area contributed by atoms with Gasteiger partial charge >= 0.3 is 55.8 Å². The average Bonchev–Trinajstić information content (AvgIpc) is 3.13. The number of nitrogens with zero attached hydrogens (tertiary/aromatic N) is 4. The summed E-state index contributed by atoms with van der Waals surface area (Å²) in [6.45, 7) is 0. The summed E-state index contributed by atoms with van der Waals surface area (Å²) in [6.07, 6.45) is 0. The Bertz CT molecular complexity index is 1970. The monoisotopic (exact) mass is 1170 g/mol. The van der Waals surface area contributed by atoms with Crippen LogP contribution in [0.1, 0.15) is 15.9 Å². The fourth-order valence-electron chi connectivity index (χ4n) is 3.64. The minimum absolute atomic E-state index is 0.194. The molecule has 0 N–H and O–H groups in total. The SMILES string of the molecule is Brc1ccc(-c2nc(-c3ccccc3)nc(-c3ccc(Br)cc3)n2)cc1.ClCCl.N#Cc1ccc(Br)cc1.O=C(Cl)c1ccccc1.[Cl][Sb]([Cl])([Cl])([Cl])[Cl]. The van der Waals surface area contributed by atoms with Crippen molar-refractivity contribution >= 4 is 144 Å². The Morgan fingerprint density at radius 1 is 0.547 bits per heavy atom. The number of alkyl halides is 2. The molecule has 0 bridgehead atoms. The molecule has 6 rings (SSSR count). The van der Waals surface area contributed by atoms with Crippen LogP contribution >= 0.6 is 127 Å². The Balaban J connectivity index is 0.000000293. The first-order valence-corrected chi connectivity index (χ1v) is 34.4. The second-order valence-corrected chi connectivity index (χ2v) is 51.5. The number of halogens is 11. The third kappa shape index (κ3) is 21.7. The molecule has 17 heteroatoms. The number of carbonyl (C=O) groups is 1. The Morgan fingerprint density at radius 3 is 1.11 bits per heavy atom. The molecule has 1 aromatic heterocycles. The summed E-state index contributed by atoms with van der Waals surface area (Å²) < 4.78 is 3.04. The predicted molar refractivity (Wildman–Crippen MR) is 239 cm³/mol. The van der Waals surface area contributed by atoms with Crippen molar-refractivity contribution in [3.63, 3.8) is 0 Å². The third-order valence-corrected chi connectivity index (χ3v) is 7.65. The number of hydrogen-bond acceptors (Lipinski definition) is 5. The molecule has 0 atom stereocenters. The van der Waals surface area contributed by atoms with Gasteiger partial charge in [0.25, 0.3) is 5.24 Å². The van der Waals surface area contributed by atoms with E-state index < -0.39 is 16.9 Å². The summed E-state index contributed by atoms with van der Waals surface area (Å²) in [6, 6.07) is 43.9.